The van der Waals surface area contributed by atoms with Gasteiger partial charge < -0.3 is 19.2 Å². The summed E-state index contributed by atoms with van der Waals surface area (Å²) < 4.78 is 20.2. The molecule has 222 valence electrons. The van der Waals surface area contributed by atoms with E-state index in [2.05, 4.69) is 65.3 Å². The molecule has 0 unspecified atom stereocenters. The van der Waals surface area contributed by atoms with Gasteiger partial charge in [-0.05, 0) is 63.5 Å². The minimum Gasteiger partial charge on any atom is -0.490 e. The van der Waals surface area contributed by atoms with Gasteiger partial charge >= 0.3 is 0 Å². The summed E-state index contributed by atoms with van der Waals surface area (Å²) in [4.78, 5) is 13.3. The monoisotopic (exact) mass is 587 g/mol. The molecule has 4 aromatic rings. The summed E-state index contributed by atoms with van der Waals surface area (Å²) in [6.45, 7) is 19.7. The zero-order valence-corrected chi connectivity index (χ0v) is 27.1. The molecule has 11 heteroatoms. The van der Waals surface area contributed by atoms with E-state index in [0.29, 0.717) is 42.3 Å². The molecule has 0 saturated carbocycles. The van der Waals surface area contributed by atoms with Crippen LogP contribution in [0, 0.1) is 30.6 Å². The normalized spacial score (nSPS) is 12.3. The second kappa shape index (κ2) is 12.1. The second-order valence-corrected chi connectivity index (χ2v) is 17.5. The predicted molar refractivity (Wildman–Crippen MR) is 167 cm³/mol. The van der Waals surface area contributed by atoms with E-state index in [-0.39, 0.29) is 11.6 Å². The van der Waals surface area contributed by atoms with Crippen LogP contribution in [0.15, 0.2) is 42.7 Å². The van der Waals surface area contributed by atoms with Gasteiger partial charge in [0.2, 0.25) is 5.88 Å². The molecule has 0 bridgehead atoms. The summed E-state index contributed by atoms with van der Waals surface area (Å²) in [7, 11) is -1.87. The first-order valence-electron chi connectivity index (χ1n) is 14.1. The Balaban J connectivity index is 1.59. The lowest BCUT2D eigenvalue weighted by molar-refractivity contribution is 0.198. The topological polar surface area (TPSA) is 119 Å². The molecular weight excluding hydrogens is 546 g/mol. The first kappa shape index (κ1) is 30.9. The Labute approximate surface area is 249 Å². The van der Waals surface area contributed by atoms with Crippen LogP contribution < -0.4 is 14.8 Å². The maximum absolute atomic E-state index is 9.49. The van der Waals surface area contributed by atoms with E-state index in [1.165, 1.54) is 0 Å². The van der Waals surface area contributed by atoms with Gasteiger partial charge in [-0.3, -0.25) is 0 Å². The van der Waals surface area contributed by atoms with Crippen LogP contribution in [0.25, 0.3) is 16.6 Å². The van der Waals surface area contributed by atoms with Gasteiger partial charge in [0.05, 0.1) is 29.8 Å². The maximum atomic E-state index is 9.49. The molecule has 4 heterocycles. The zero-order chi connectivity index (χ0) is 30.7. The van der Waals surface area contributed by atoms with Crippen molar-refractivity contribution in [2.75, 3.05) is 25.1 Å². The Hall–Kier alpha value is -4.01. The van der Waals surface area contributed by atoms with Crippen LogP contribution in [0.3, 0.4) is 0 Å². The van der Waals surface area contributed by atoms with E-state index >= 15 is 0 Å². The highest BCUT2D eigenvalue weighted by Gasteiger charge is 2.37. The van der Waals surface area contributed by atoms with Gasteiger partial charge in [0.15, 0.2) is 14.1 Å². The first-order valence-corrected chi connectivity index (χ1v) is 17.0. The van der Waals surface area contributed by atoms with E-state index in [0.717, 1.165) is 22.3 Å². The highest BCUT2D eigenvalue weighted by molar-refractivity contribution is 6.74. The molecule has 0 spiro atoms. The lowest BCUT2D eigenvalue weighted by Crippen LogP contribution is -2.41. The fourth-order valence-electron chi connectivity index (χ4n) is 3.93. The lowest BCUT2D eigenvalue weighted by Gasteiger charge is -2.36. The molecule has 42 heavy (non-hydrogen) atoms. The van der Waals surface area contributed by atoms with Crippen molar-refractivity contribution in [2.45, 2.75) is 66.6 Å². The van der Waals surface area contributed by atoms with Crippen molar-refractivity contribution in [1.29, 1.82) is 5.26 Å². The first-order chi connectivity index (χ1) is 19.7. The number of pyridine rings is 2. The number of nitrogens with zero attached hydrogens (tertiary/aromatic N) is 6. The fourth-order valence-corrected chi connectivity index (χ4v) is 4.96. The van der Waals surface area contributed by atoms with Crippen molar-refractivity contribution in [3.05, 3.63) is 54.2 Å². The molecule has 0 aliphatic rings. The zero-order valence-electron chi connectivity index (χ0n) is 26.1. The van der Waals surface area contributed by atoms with E-state index < -0.39 is 13.7 Å². The molecule has 0 amide bonds. The van der Waals surface area contributed by atoms with Crippen LogP contribution in [-0.4, -0.2) is 52.7 Å². The molecule has 4 rings (SSSR count). The van der Waals surface area contributed by atoms with E-state index in [9.17, 15) is 5.26 Å². The van der Waals surface area contributed by atoms with Crippen molar-refractivity contribution in [3.63, 3.8) is 0 Å². The summed E-state index contributed by atoms with van der Waals surface area (Å²) in [5.74, 6) is 3.08. The van der Waals surface area contributed by atoms with Crippen LogP contribution in [0.1, 0.15) is 46.1 Å². The summed E-state index contributed by atoms with van der Waals surface area (Å²) in [5, 5.41) is 17.5. The Morgan fingerprint density at radius 2 is 1.74 bits per heavy atom. The SMILES string of the molecule is Cc1cc(Nc2cc3cc(-c4cc(OCCO[Si](C)(C)C(C)(C)C)ncc4OCC(C)(C)C#N)ccn3n2)nc(C)n1. The molecule has 0 aliphatic heterocycles. The van der Waals surface area contributed by atoms with Crippen LogP contribution in [0.2, 0.25) is 18.1 Å². The Kier molecular flexibility index (Phi) is 8.89. The van der Waals surface area contributed by atoms with Gasteiger partial charge in [-0.25, -0.2) is 19.5 Å². The maximum Gasteiger partial charge on any atom is 0.214 e. The van der Waals surface area contributed by atoms with Crippen molar-refractivity contribution in [1.82, 2.24) is 24.6 Å². The lowest BCUT2D eigenvalue weighted by atomic mass is 9.97. The summed E-state index contributed by atoms with van der Waals surface area (Å²) in [5.41, 5.74) is 2.81. The Morgan fingerprint density at radius 1 is 0.976 bits per heavy atom. The molecule has 1 N–H and O–H groups in total. The van der Waals surface area contributed by atoms with Crippen LogP contribution in [0.4, 0.5) is 11.6 Å². The van der Waals surface area contributed by atoms with Gasteiger partial charge in [0.25, 0.3) is 0 Å². The molecule has 0 aliphatic carbocycles. The Morgan fingerprint density at radius 3 is 2.43 bits per heavy atom. The largest absolute Gasteiger partial charge is 0.490 e. The summed E-state index contributed by atoms with van der Waals surface area (Å²) in [6, 6.07) is 12.0. The van der Waals surface area contributed by atoms with Crippen molar-refractivity contribution < 1.29 is 13.9 Å². The number of nitriles is 1. The quantitative estimate of drug-likeness (QED) is 0.148. The molecule has 10 nitrogen and oxygen atoms in total. The van der Waals surface area contributed by atoms with Crippen molar-refractivity contribution in [2.24, 2.45) is 5.41 Å². The molecule has 0 aromatic carbocycles. The third kappa shape index (κ3) is 7.63. The highest BCUT2D eigenvalue weighted by Crippen LogP contribution is 2.37. The molecule has 4 aromatic heterocycles. The van der Waals surface area contributed by atoms with E-state index in [4.69, 9.17) is 13.9 Å². The molecule has 0 radical (unpaired) electrons. The van der Waals surface area contributed by atoms with Crippen molar-refractivity contribution in [3.8, 4) is 28.8 Å². The molecule has 0 saturated heterocycles. The van der Waals surface area contributed by atoms with E-state index in [1.807, 2.05) is 64.2 Å². The minimum atomic E-state index is -1.87. The number of hydrogen-bond donors (Lipinski definition) is 1. The number of aryl methyl sites for hydroxylation is 2. The third-order valence-electron chi connectivity index (χ3n) is 7.33. The average Bonchev–Trinajstić information content (AvgIpc) is 3.30. The van der Waals surface area contributed by atoms with Crippen LogP contribution in [0.5, 0.6) is 11.6 Å². The average molecular weight is 588 g/mol. The number of aromatic nitrogens is 5. The van der Waals surface area contributed by atoms with Gasteiger partial charge in [0.1, 0.15) is 30.6 Å². The molecular formula is C31H41N7O3Si. The highest BCUT2D eigenvalue weighted by atomic mass is 28.4. The number of nitrogens with one attached hydrogen (secondary N) is 1. The number of anilines is 2. The minimum absolute atomic E-state index is 0.128. The summed E-state index contributed by atoms with van der Waals surface area (Å²) in [6.07, 6.45) is 3.55. The Bertz CT molecular complexity index is 1580. The fraction of sp³-hybridized carbons (Fsp3) is 0.452. The predicted octanol–water partition coefficient (Wildman–Crippen LogP) is 6.88. The number of rotatable bonds is 11. The van der Waals surface area contributed by atoms with Crippen LogP contribution in [-0.2, 0) is 4.43 Å². The smallest absolute Gasteiger partial charge is 0.214 e. The molecule has 0 atom stereocenters. The van der Waals surface area contributed by atoms with Crippen molar-refractivity contribution >= 4 is 25.5 Å². The molecule has 0 fully saturated rings. The third-order valence-corrected chi connectivity index (χ3v) is 11.9. The number of hydrogen-bond acceptors (Lipinski definition) is 9. The number of ether oxygens (including phenoxy) is 2. The van der Waals surface area contributed by atoms with Gasteiger partial charge in [-0.15, -0.1) is 0 Å². The standard InChI is InChI=1S/C31H41N7O3Si/c1-21-14-27(35-22(2)34-21)36-28-16-24-15-23(10-11-38(24)37-28)25-17-29(33-18-26(25)40-20-31(6,7)19-32)39-12-13-41-42(8,9)30(3,4)5/h10-11,14-18H,12-13,20H2,1-9H3,(H,34,35,36,37). The number of fused-ring (bicyclic) bond motifs is 1. The van der Waals surface area contributed by atoms with Gasteiger partial charge in [-0.2, -0.15) is 10.4 Å². The van der Waals surface area contributed by atoms with Gasteiger partial charge in [-0.1, -0.05) is 20.8 Å². The van der Waals surface area contributed by atoms with Gasteiger partial charge in [0, 0.05) is 35.7 Å². The summed E-state index contributed by atoms with van der Waals surface area (Å²) >= 11 is 0. The van der Waals surface area contributed by atoms with E-state index in [1.54, 1.807) is 10.7 Å². The second-order valence-electron chi connectivity index (χ2n) is 12.6. The van der Waals surface area contributed by atoms with Crippen LogP contribution >= 0.6 is 0 Å².